The van der Waals surface area contributed by atoms with Crippen molar-refractivity contribution in [3.63, 3.8) is 0 Å². The van der Waals surface area contributed by atoms with E-state index < -0.39 is 0 Å². The molecule has 0 spiro atoms. The molecule has 1 fully saturated rings. The summed E-state index contributed by atoms with van der Waals surface area (Å²) >= 11 is 0. The molecule has 2 aliphatic heterocycles. The number of aromatic nitrogens is 1. The minimum absolute atomic E-state index is 0.371. The molecule has 3 N–H and O–H groups in total. The molecule has 160 valence electrons. The number of piperidine rings is 1. The van der Waals surface area contributed by atoms with Crippen molar-refractivity contribution in [1.29, 1.82) is 0 Å². The standard InChI is InChI=1S/C25H35N5/c1-29(24-9-2-5-18-7-4-12-27-25(18)24)17-21-15-22-19(16-28-21)6-3-8-23(22)30-13-10-20(26)11-14-30/h3-4,6-8,12,20-21,24,28H,2,5,9-11,13-17,26H2,1H3/t21-,24+/m1/s1. The van der Waals surface area contributed by atoms with E-state index in [4.69, 9.17) is 10.7 Å². The highest BCUT2D eigenvalue weighted by molar-refractivity contribution is 5.58. The van der Waals surface area contributed by atoms with Crippen LogP contribution in [0.1, 0.15) is 54.1 Å². The fourth-order valence-electron chi connectivity index (χ4n) is 5.65. The summed E-state index contributed by atoms with van der Waals surface area (Å²) in [7, 11) is 2.28. The van der Waals surface area contributed by atoms with E-state index in [1.54, 1.807) is 5.56 Å². The maximum atomic E-state index is 6.15. The third-order valence-electron chi connectivity index (χ3n) is 7.37. The molecule has 2 atom stereocenters. The van der Waals surface area contributed by atoms with Gasteiger partial charge in [-0.05, 0) is 74.4 Å². The number of nitrogens with one attached hydrogen (secondary N) is 1. The normalized spacial score (nSPS) is 24.6. The molecule has 1 saturated heterocycles. The zero-order valence-electron chi connectivity index (χ0n) is 18.2. The number of rotatable bonds is 4. The SMILES string of the molecule is CN(C[C@H]1Cc2c(cccc2N2CCC(N)CC2)CN1)[C@H]1CCCc2cccnc21. The topological polar surface area (TPSA) is 57.4 Å². The summed E-state index contributed by atoms with van der Waals surface area (Å²) in [5, 5.41) is 3.81. The van der Waals surface area contributed by atoms with Crippen LogP contribution in [0.3, 0.4) is 0 Å². The quantitative estimate of drug-likeness (QED) is 0.819. The minimum atomic E-state index is 0.371. The highest BCUT2D eigenvalue weighted by atomic mass is 15.2. The van der Waals surface area contributed by atoms with Gasteiger partial charge in [0, 0.05) is 50.1 Å². The van der Waals surface area contributed by atoms with E-state index in [2.05, 4.69) is 52.5 Å². The predicted octanol–water partition coefficient (Wildman–Crippen LogP) is 3.03. The van der Waals surface area contributed by atoms with Gasteiger partial charge in [0.15, 0.2) is 0 Å². The van der Waals surface area contributed by atoms with Gasteiger partial charge in [0.05, 0.1) is 11.7 Å². The van der Waals surface area contributed by atoms with Crippen LogP contribution in [0.4, 0.5) is 5.69 Å². The van der Waals surface area contributed by atoms with Crippen LogP contribution in [0.15, 0.2) is 36.5 Å². The first-order valence-corrected chi connectivity index (χ1v) is 11.7. The molecular weight excluding hydrogens is 370 g/mol. The largest absolute Gasteiger partial charge is 0.371 e. The number of aryl methyl sites for hydroxylation is 1. The van der Waals surface area contributed by atoms with Crippen LogP contribution in [0, 0.1) is 0 Å². The Morgan fingerprint density at radius 2 is 1.97 bits per heavy atom. The van der Waals surface area contributed by atoms with E-state index >= 15 is 0 Å². The van der Waals surface area contributed by atoms with Gasteiger partial charge >= 0.3 is 0 Å². The zero-order chi connectivity index (χ0) is 20.5. The van der Waals surface area contributed by atoms with Gasteiger partial charge in [-0.3, -0.25) is 9.88 Å². The van der Waals surface area contributed by atoms with Crippen molar-refractivity contribution in [3.05, 3.63) is 58.9 Å². The van der Waals surface area contributed by atoms with Crippen molar-refractivity contribution in [3.8, 4) is 0 Å². The highest BCUT2D eigenvalue weighted by Crippen LogP contribution is 2.34. The minimum Gasteiger partial charge on any atom is -0.371 e. The lowest BCUT2D eigenvalue weighted by Crippen LogP contribution is -2.46. The maximum Gasteiger partial charge on any atom is 0.0607 e. The van der Waals surface area contributed by atoms with Gasteiger partial charge in [-0.25, -0.2) is 0 Å². The molecule has 0 amide bonds. The second-order valence-corrected chi connectivity index (χ2v) is 9.42. The summed E-state index contributed by atoms with van der Waals surface area (Å²) < 4.78 is 0. The molecule has 5 heteroatoms. The first-order valence-electron chi connectivity index (χ1n) is 11.7. The third-order valence-corrected chi connectivity index (χ3v) is 7.37. The van der Waals surface area contributed by atoms with E-state index in [9.17, 15) is 0 Å². The lowest BCUT2D eigenvalue weighted by molar-refractivity contribution is 0.191. The molecule has 3 aliphatic rings. The van der Waals surface area contributed by atoms with Crippen molar-refractivity contribution in [2.75, 3.05) is 31.6 Å². The van der Waals surface area contributed by atoms with E-state index in [0.29, 0.717) is 18.1 Å². The molecule has 1 aliphatic carbocycles. The van der Waals surface area contributed by atoms with E-state index in [-0.39, 0.29) is 0 Å². The van der Waals surface area contributed by atoms with Crippen molar-refractivity contribution < 1.29 is 0 Å². The van der Waals surface area contributed by atoms with Gasteiger partial charge in [0.2, 0.25) is 0 Å². The van der Waals surface area contributed by atoms with Gasteiger partial charge in [-0.2, -0.15) is 0 Å². The molecule has 1 aromatic carbocycles. The number of hydrogen-bond donors (Lipinski definition) is 2. The fraction of sp³-hybridized carbons (Fsp3) is 0.560. The Morgan fingerprint density at radius 1 is 1.13 bits per heavy atom. The Hall–Kier alpha value is -1.95. The van der Waals surface area contributed by atoms with Gasteiger partial charge in [-0.15, -0.1) is 0 Å². The van der Waals surface area contributed by atoms with Crippen LogP contribution >= 0.6 is 0 Å². The van der Waals surface area contributed by atoms with Crippen LogP contribution in [0.5, 0.6) is 0 Å². The first kappa shape index (κ1) is 20.0. The Morgan fingerprint density at radius 3 is 2.83 bits per heavy atom. The number of likely N-dealkylation sites (N-methyl/N-ethyl adjacent to an activating group) is 1. The van der Waals surface area contributed by atoms with Crippen molar-refractivity contribution in [2.24, 2.45) is 5.73 Å². The Balaban J connectivity index is 1.30. The van der Waals surface area contributed by atoms with Crippen LogP contribution in [-0.4, -0.2) is 48.6 Å². The third kappa shape index (κ3) is 3.98. The summed E-state index contributed by atoms with van der Waals surface area (Å²) in [6, 6.07) is 12.5. The molecule has 1 aromatic heterocycles. The molecule has 3 heterocycles. The molecule has 0 unspecified atom stereocenters. The Labute approximate surface area is 180 Å². The average Bonchev–Trinajstić information content (AvgIpc) is 2.79. The van der Waals surface area contributed by atoms with Gasteiger partial charge in [0.25, 0.3) is 0 Å². The van der Waals surface area contributed by atoms with Crippen molar-refractivity contribution in [1.82, 2.24) is 15.2 Å². The molecule has 0 saturated carbocycles. The summed E-state index contributed by atoms with van der Waals surface area (Å²) in [6.45, 7) is 4.19. The Kier molecular flexibility index (Phi) is 5.77. The number of nitrogens with zero attached hydrogens (tertiary/aromatic N) is 3. The van der Waals surface area contributed by atoms with E-state index in [1.807, 2.05) is 6.20 Å². The monoisotopic (exact) mass is 405 g/mol. The van der Waals surface area contributed by atoms with E-state index in [0.717, 1.165) is 45.4 Å². The van der Waals surface area contributed by atoms with Crippen molar-refractivity contribution in [2.45, 2.75) is 63.2 Å². The fourth-order valence-corrected chi connectivity index (χ4v) is 5.65. The molecule has 5 rings (SSSR count). The number of nitrogens with two attached hydrogens (primary N) is 1. The van der Waals surface area contributed by atoms with E-state index in [1.165, 1.54) is 41.8 Å². The summed E-state index contributed by atoms with van der Waals surface area (Å²) in [5.41, 5.74) is 13.3. The predicted molar refractivity (Wildman–Crippen MR) is 123 cm³/mol. The summed E-state index contributed by atoms with van der Waals surface area (Å²) in [4.78, 5) is 9.86. The summed E-state index contributed by atoms with van der Waals surface area (Å²) in [6.07, 6.45) is 8.89. The first-order chi connectivity index (χ1) is 14.7. The molecule has 0 bridgehead atoms. The van der Waals surface area contributed by atoms with Crippen LogP contribution in [-0.2, 0) is 19.4 Å². The van der Waals surface area contributed by atoms with Crippen molar-refractivity contribution >= 4 is 5.69 Å². The Bertz CT molecular complexity index is 874. The van der Waals surface area contributed by atoms with Gasteiger partial charge < -0.3 is 16.0 Å². The number of fused-ring (bicyclic) bond motifs is 2. The lowest BCUT2D eigenvalue weighted by atomic mass is 9.89. The highest BCUT2D eigenvalue weighted by Gasteiger charge is 2.29. The number of hydrogen-bond acceptors (Lipinski definition) is 5. The molecular formula is C25H35N5. The molecule has 5 nitrogen and oxygen atoms in total. The van der Waals surface area contributed by atoms with Gasteiger partial charge in [0.1, 0.15) is 0 Å². The lowest BCUT2D eigenvalue weighted by Gasteiger charge is -2.38. The van der Waals surface area contributed by atoms with Crippen LogP contribution in [0.2, 0.25) is 0 Å². The second kappa shape index (κ2) is 8.66. The van der Waals surface area contributed by atoms with Crippen LogP contribution < -0.4 is 16.0 Å². The zero-order valence-corrected chi connectivity index (χ0v) is 18.2. The molecule has 30 heavy (non-hydrogen) atoms. The van der Waals surface area contributed by atoms with Gasteiger partial charge in [-0.1, -0.05) is 18.2 Å². The number of pyridine rings is 1. The average molecular weight is 406 g/mol. The maximum absolute atomic E-state index is 6.15. The molecule has 0 radical (unpaired) electrons. The second-order valence-electron chi connectivity index (χ2n) is 9.42. The number of anilines is 1. The number of benzene rings is 1. The smallest absolute Gasteiger partial charge is 0.0607 e. The van der Waals surface area contributed by atoms with Crippen LogP contribution in [0.25, 0.3) is 0 Å². The summed E-state index contributed by atoms with van der Waals surface area (Å²) in [5.74, 6) is 0. The molecule has 2 aromatic rings.